The topological polar surface area (TPSA) is 54.4 Å². The van der Waals surface area contributed by atoms with Gasteiger partial charge in [0.1, 0.15) is 0 Å². The van der Waals surface area contributed by atoms with E-state index < -0.39 is 9.84 Å². The van der Waals surface area contributed by atoms with Crippen LogP contribution in [0.1, 0.15) is 12.0 Å². The summed E-state index contributed by atoms with van der Waals surface area (Å²) in [7, 11) is -3.48. The van der Waals surface area contributed by atoms with E-state index in [1.54, 1.807) is 18.2 Å². The minimum atomic E-state index is -3.48. The van der Waals surface area contributed by atoms with Crippen LogP contribution in [0.3, 0.4) is 0 Å². The zero-order chi connectivity index (χ0) is 16.3. The Bertz CT molecular complexity index is 786. The number of benzene rings is 2. The Morgan fingerprint density at radius 2 is 1.64 bits per heavy atom. The molecule has 0 saturated carbocycles. The van der Waals surface area contributed by atoms with E-state index in [1.165, 1.54) is 6.07 Å². The maximum Gasteiger partial charge on any atom is 0.179 e. The summed E-state index contributed by atoms with van der Waals surface area (Å²) in [6.45, 7) is 1.74. The summed E-state index contributed by atoms with van der Waals surface area (Å²) in [5, 5.41) is 9.64. The molecule has 0 heterocycles. The summed E-state index contributed by atoms with van der Waals surface area (Å²) in [6, 6.07) is 10.5. The lowest BCUT2D eigenvalue weighted by molar-refractivity contribution is 0.295. The van der Waals surface area contributed by atoms with E-state index in [1.807, 2.05) is 19.1 Å². The summed E-state index contributed by atoms with van der Waals surface area (Å²) in [5.74, 6) is -0.122. The lowest BCUT2D eigenvalue weighted by Crippen LogP contribution is -2.08. The Morgan fingerprint density at radius 3 is 2.23 bits per heavy atom. The molecule has 0 atom stereocenters. The van der Waals surface area contributed by atoms with Gasteiger partial charge >= 0.3 is 0 Å². The minimum absolute atomic E-state index is 0.0945. The van der Waals surface area contributed by atoms with Crippen molar-refractivity contribution >= 4 is 33.0 Å². The molecular formula is C16H16Cl2O3S. The fourth-order valence-electron chi connectivity index (χ4n) is 2.12. The van der Waals surface area contributed by atoms with Gasteiger partial charge in [0.2, 0.25) is 0 Å². The van der Waals surface area contributed by atoms with Crippen molar-refractivity contribution in [3.8, 4) is 11.1 Å². The Morgan fingerprint density at radius 1 is 1.00 bits per heavy atom. The van der Waals surface area contributed by atoms with Crippen molar-refractivity contribution in [1.82, 2.24) is 0 Å². The summed E-state index contributed by atoms with van der Waals surface area (Å²) >= 11 is 12.2. The van der Waals surface area contributed by atoms with Crippen molar-refractivity contribution in [1.29, 1.82) is 0 Å². The number of halogens is 2. The Kier molecular flexibility index (Phi) is 5.50. The van der Waals surface area contributed by atoms with Crippen molar-refractivity contribution in [3.05, 3.63) is 52.0 Å². The van der Waals surface area contributed by atoms with Gasteiger partial charge in [-0.3, -0.25) is 0 Å². The second kappa shape index (κ2) is 7.01. The van der Waals surface area contributed by atoms with Crippen LogP contribution in [-0.2, 0) is 9.84 Å². The number of rotatable bonds is 5. The first-order valence-corrected chi connectivity index (χ1v) is 9.15. The van der Waals surface area contributed by atoms with Crippen LogP contribution in [0.5, 0.6) is 0 Å². The highest BCUT2D eigenvalue weighted by atomic mass is 35.5. The quantitative estimate of drug-likeness (QED) is 0.874. The number of sulfone groups is 1. The van der Waals surface area contributed by atoms with E-state index >= 15 is 0 Å². The SMILES string of the molecule is Cc1cc(-c2ccc(S(=O)(=O)CCCO)c(Cl)c2)ccc1Cl. The zero-order valence-electron chi connectivity index (χ0n) is 12.0. The summed E-state index contributed by atoms with van der Waals surface area (Å²) in [5.41, 5.74) is 2.68. The van der Waals surface area contributed by atoms with Gasteiger partial charge < -0.3 is 5.11 Å². The van der Waals surface area contributed by atoms with E-state index in [-0.39, 0.29) is 28.7 Å². The van der Waals surface area contributed by atoms with Crippen molar-refractivity contribution in [3.63, 3.8) is 0 Å². The van der Waals surface area contributed by atoms with Gasteiger partial charge in [0.15, 0.2) is 9.84 Å². The largest absolute Gasteiger partial charge is 0.396 e. The lowest BCUT2D eigenvalue weighted by atomic mass is 10.0. The Labute approximate surface area is 140 Å². The fraction of sp³-hybridized carbons (Fsp3) is 0.250. The van der Waals surface area contributed by atoms with Gasteiger partial charge in [-0.05, 0) is 54.3 Å². The Balaban J connectivity index is 2.39. The molecule has 0 aliphatic carbocycles. The molecule has 0 aliphatic heterocycles. The predicted molar refractivity (Wildman–Crippen MR) is 90.4 cm³/mol. The molecule has 118 valence electrons. The second-order valence-electron chi connectivity index (χ2n) is 5.01. The standard InChI is InChI=1S/C16H16Cl2O3S/c1-11-9-12(3-5-14(11)17)13-4-6-16(15(18)10-13)22(20,21)8-2-7-19/h3-6,9-10,19H,2,7-8H2,1H3. The molecule has 2 rings (SSSR count). The molecule has 0 fully saturated rings. The third-order valence-corrected chi connectivity index (χ3v) is 6.03. The molecule has 2 aromatic carbocycles. The molecule has 0 spiro atoms. The smallest absolute Gasteiger partial charge is 0.179 e. The zero-order valence-corrected chi connectivity index (χ0v) is 14.3. The van der Waals surface area contributed by atoms with Crippen molar-refractivity contribution < 1.29 is 13.5 Å². The fourth-order valence-corrected chi connectivity index (χ4v) is 4.13. The number of aliphatic hydroxyl groups excluding tert-OH is 1. The maximum absolute atomic E-state index is 12.1. The van der Waals surface area contributed by atoms with Crippen LogP contribution in [0.15, 0.2) is 41.3 Å². The number of aliphatic hydroxyl groups is 1. The summed E-state index contributed by atoms with van der Waals surface area (Å²) in [4.78, 5) is 0.0945. The molecule has 0 radical (unpaired) electrons. The molecule has 0 aromatic heterocycles. The van der Waals surface area contributed by atoms with Crippen LogP contribution >= 0.6 is 23.2 Å². The third-order valence-electron chi connectivity index (χ3n) is 3.33. The minimum Gasteiger partial charge on any atom is -0.396 e. The summed E-state index contributed by atoms with van der Waals surface area (Å²) in [6.07, 6.45) is 0.191. The third kappa shape index (κ3) is 3.82. The van der Waals surface area contributed by atoms with E-state index in [4.69, 9.17) is 28.3 Å². The second-order valence-corrected chi connectivity index (χ2v) is 7.90. The maximum atomic E-state index is 12.1. The normalized spacial score (nSPS) is 11.6. The van der Waals surface area contributed by atoms with Crippen molar-refractivity contribution in [2.24, 2.45) is 0 Å². The molecule has 22 heavy (non-hydrogen) atoms. The summed E-state index contributed by atoms with van der Waals surface area (Å²) < 4.78 is 24.3. The molecule has 1 N–H and O–H groups in total. The molecule has 0 amide bonds. The Hall–Kier alpha value is -1.07. The van der Waals surface area contributed by atoms with Crippen LogP contribution in [0.25, 0.3) is 11.1 Å². The van der Waals surface area contributed by atoms with Gasteiger partial charge in [0, 0.05) is 11.6 Å². The number of hydrogen-bond acceptors (Lipinski definition) is 3. The van der Waals surface area contributed by atoms with Crippen molar-refractivity contribution in [2.75, 3.05) is 12.4 Å². The van der Waals surface area contributed by atoms with Gasteiger partial charge in [-0.25, -0.2) is 8.42 Å². The van der Waals surface area contributed by atoms with Gasteiger partial charge in [-0.1, -0.05) is 35.3 Å². The van der Waals surface area contributed by atoms with Crippen LogP contribution in [0.4, 0.5) is 0 Å². The first-order chi connectivity index (χ1) is 10.3. The van der Waals surface area contributed by atoms with Crippen LogP contribution in [0, 0.1) is 6.92 Å². The van der Waals surface area contributed by atoms with Crippen LogP contribution in [0.2, 0.25) is 10.0 Å². The van der Waals surface area contributed by atoms with E-state index in [0.717, 1.165) is 16.7 Å². The van der Waals surface area contributed by atoms with E-state index in [9.17, 15) is 8.42 Å². The van der Waals surface area contributed by atoms with Crippen molar-refractivity contribution in [2.45, 2.75) is 18.2 Å². The highest BCUT2D eigenvalue weighted by Gasteiger charge is 2.18. The lowest BCUT2D eigenvalue weighted by Gasteiger charge is -2.09. The number of aryl methyl sites for hydroxylation is 1. The monoisotopic (exact) mass is 358 g/mol. The first kappa shape index (κ1) is 17.3. The van der Waals surface area contributed by atoms with Gasteiger partial charge in [0.25, 0.3) is 0 Å². The van der Waals surface area contributed by atoms with E-state index in [2.05, 4.69) is 0 Å². The van der Waals surface area contributed by atoms with Crippen LogP contribution < -0.4 is 0 Å². The first-order valence-electron chi connectivity index (χ1n) is 6.75. The molecular weight excluding hydrogens is 343 g/mol. The average Bonchev–Trinajstić information content (AvgIpc) is 2.47. The molecule has 0 saturated heterocycles. The van der Waals surface area contributed by atoms with Gasteiger partial charge in [-0.2, -0.15) is 0 Å². The molecule has 0 aliphatic rings. The van der Waals surface area contributed by atoms with E-state index in [0.29, 0.717) is 5.02 Å². The molecule has 2 aromatic rings. The molecule has 0 unspecified atom stereocenters. The molecule has 3 nitrogen and oxygen atoms in total. The molecule has 6 heteroatoms. The highest BCUT2D eigenvalue weighted by Crippen LogP contribution is 2.30. The van der Waals surface area contributed by atoms with Gasteiger partial charge in [0.05, 0.1) is 15.7 Å². The number of hydrogen-bond donors (Lipinski definition) is 1. The molecule has 0 bridgehead atoms. The van der Waals surface area contributed by atoms with Crippen LogP contribution in [-0.4, -0.2) is 25.9 Å². The average molecular weight is 359 g/mol. The van der Waals surface area contributed by atoms with Gasteiger partial charge in [-0.15, -0.1) is 0 Å². The highest BCUT2D eigenvalue weighted by molar-refractivity contribution is 7.91. The predicted octanol–water partition coefficient (Wildman–Crippen LogP) is 4.12.